The molecule has 0 unspecified atom stereocenters. The molecule has 1 heterocycles. The van der Waals surface area contributed by atoms with Crippen LogP contribution in [0, 0.1) is 5.82 Å². The Bertz CT molecular complexity index is 607. The molecule has 0 radical (unpaired) electrons. The number of nitrogens with zero attached hydrogens (tertiary/aromatic N) is 2. The van der Waals surface area contributed by atoms with Crippen molar-refractivity contribution in [3.63, 3.8) is 0 Å². The monoisotopic (exact) mass is 265 g/mol. The van der Waals surface area contributed by atoms with Crippen LogP contribution in [0.3, 0.4) is 0 Å². The van der Waals surface area contributed by atoms with Crippen LogP contribution in [0.15, 0.2) is 18.2 Å². The largest absolute Gasteiger partial charge is 0.399 e. The first kappa shape index (κ1) is 11.5. The van der Waals surface area contributed by atoms with E-state index in [1.54, 1.807) is 6.07 Å². The van der Waals surface area contributed by atoms with Gasteiger partial charge in [-0.3, -0.25) is 0 Å². The predicted octanol–water partition coefficient (Wildman–Crippen LogP) is 3.13. The molecule has 0 atom stereocenters. The van der Waals surface area contributed by atoms with E-state index in [9.17, 15) is 4.39 Å². The number of nitrogens with two attached hydrogens (primary N) is 1. The van der Waals surface area contributed by atoms with Gasteiger partial charge in [0.15, 0.2) is 0 Å². The van der Waals surface area contributed by atoms with Crippen LogP contribution >= 0.6 is 11.6 Å². The molecule has 1 aliphatic carbocycles. The Hall–Kier alpha value is -1.55. The van der Waals surface area contributed by atoms with Crippen molar-refractivity contribution >= 4 is 17.3 Å². The lowest BCUT2D eigenvalue weighted by atomic mass is 9.99. The maximum absolute atomic E-state index is 13.8. The molecule has 94 valence electrons. The summed E-state index contributed by atoms with van der Waals surface area (Å²) in [4.78, 5) is 0. The van der Waals surface area contributed by atoms with Crippen LogP contribution in [0.5, 0.6) is 0 Å². The van der Waals surface area contributed by atoms with Gasteiger partial charge in [-0.1, -0.05) is 11.6 Å². The molecule has 1 aromatic carbocycles. The van der Waals surface area contributed by atoms with Crippen molar-refractivity contribution < 1.29 is 4.39 Å². The Labute approximate surface area is 109 Å². The quantitative estimate of drug-likeness (QED) is 0.805. The summed E-state index contributed by atoms with van der Waals surface area (Å²) in [5.74, 6) is -0.369. The van der Waals surface area contributed by atoms with Crippen LogP contribution in [-0.2, 0) is 12.8 Å². The Morgan fingerprint density at radius 2 is 2.06 bits per heavy atom. The van der Waals surface area contributed by atoms with Gasteiger partial charge in [-0.2, -0.15) is 5.10 Å². The second-order valence-electron chi connectivity index (χ2n) is 4.55. The highest BCUT2D eigenvalue weighted by atomic mass is 35.5. The third-order valence-corrected chi connectivity index (χ3v) is 3.68. The molecule has 0 fully saturated rings. The number of fused-ring (bicyclic) bond motifs is 1. The summed E-state index contributed by atoms with van der Waals surface area (Å²) in [6.45, 7) is 0. The van der Waals surface area contributed by atoms with Crippen molar-refractivity contribution in [3.05, 3.63) is 40.4 Å². The van der Waals surface area contributed by atoms with Gasteiger partial charge in [-0.15, -0.1) is 0 Å². The summed E-state index contributed by atoms with van der Waals surface area (Å²) in [7, 11) is 0. The molecule has 0 aliphatic heterocycles. The van der Waals surface area contributed by atoms with Crippen LogP contribution < -0.4 is 5.73 Å². The van der Waals surface area contributed by atoms with Gasteiger partial charge in [0.1, 0.15) is 16.7 Å². The summed E-state index contributed by atoms with van der Waals surface area (Å²) in [5.41, 5.74) is 8.52. The van der Waals surface area contributed by atoms with E-state index in [4.69, 9.17) is 17.3 Å². The molecule has 18 heavy (non-hydrogen) atoms. The van der Waals surface area contributed by atoms with E-state index in [2.05, 4.69) is 5.10 Å². The maximum Gasteiger partial charge on any atom is 0.149 e. The molecule has 3 rings (SSSR count). The average molecular weight is 266 g/mol. The SMILES string of the molecule is Nc1ccc(F)c(-n2nc3c(c2Cl)CCCC3)c1. The molecular weight excluding hydrogens is 253 g/mol. The van der Waals surface area contributed by atoms with E-state index >= 15 is 0 Å². The van der Waals surface area contributed by atoms with Crippen LogP contribution in [0.25, 0.3) is 5.69 Å². The van der Waals surface area contributed by atoms with Gasteiger partial charge in [0.2, 0.25) is 0 Å². The highest BCUT2D eigenvalue weighted by Gasteiger charge is 2.21. The smallest absolute Gasteiger partial charge is 0.149 e. The summed E-state index contributed by atoms with van der Waals surface area (Å²) >= 11 is 6.29. The number of hydrogen-bond acceptors (Lipinski definition) is 2. The first-order chi connectivity index (χ1) is 8.66. The van der Waals surface area contributed by atoms with Crippen LogP contribution in [0.2, 0.25) is 5.15 Å². The van der Waals surface area contributed by atoms with Crippen molar-refractivity contribution in [2.24, 2.45) is 0 Å². The van der Waals surface area contributed by atoms with Crippen molar-refractivity contribution in [3.8, 4) is 5.69 Å². The predicted molar refractivity (Wildman–Crippen MR) is 69.6 cm³/mol. The van der Waals surface area contributed by atoms with E-state index in [0.29, 0.717) is 16.5 Å². The van der Waals surface area contributed by atoms with Gasteiger partial charge in [-0.25, -0.2) is 9.07 Å². The normalized spacial score (nSPS) is 14.6. The van der Waals surface area contributed by atoms with Crippen molar-refractivity contribution in [1.82, 2.24) is 9.78 Å². The maximum atomic E-state index is 13.8. The minimum Gasteiger partial charge on any atom is -0.399 e. The van der Waals surface area contributed by atoms with Gasteiger partial charge in [-0.05, 0) is 43.9 Å². The van der Waals surface area contributed by atoms with E-state index in [0.717, 1.165) is 36.9 Å². The number of rotatable bonds is 1. The summed E-state index contributed by atoms with van der Waals surface area (Å²) in [5, 5.41) is 4.92. The molecule has 2 aromatic rings. The second-order valence-corrected chi connectivity index (χ2v) is 4.90. The third-order valence-electron chi connectivity index (χ3n) is 3.29. The molecule has 2 N–H and O–H groups in total. The lowest BCUT2D eigenvalue weighted by Gasteiger charge is -2.08. The number of halogens is 2. The van der Waals surface area contributed by atoms with Crippen LogP contribution in [0.4, 0.5) is 10.1 Å². The molecule has 0 amide bonds. The number of aromatic nitrogens is 2. The van der Waals surface area contributed by atoms with Crippen LogP contribution in [-0.4, -0.2) is 9.78 Å². The van der Waals surface area contributed by atoms with Crippen molar-refractivity contribution in [1.29, 1.82) is 0 Å². The fraction of sp³-hybridized carbons (Fsp3) is 0.308. The van der Waals surface area contributed by atoms with Crippen LogP contribution in [0.1, 0.15) is 24.1 Å². The minimum atomic E-state index is -0.369. The average Bonchev–Trinajstić information content (AvgIpc) is 2.71. The fourth-order valence-corrected chi connectivity index (χ4v) is 2.70. The molecule has 1 aromatic heterocycles. The van der Waals surface area contributed by atoms with Gasteiger partial charge < -0.3 is 5.73 Å². The van der Waals surface area contributed by atoms with E-state index in [1.807, 2.05) is 0 Å². The lowest BCUT2D eigenvalue weighted by Crippen LogP contribution is -2.02. The van der Waals surface area contributed by atoms with Gasteiger partial charge >= 0.3 is 0 Å². The Kier molecular flexibility index (Phi) is 2.74. The minimum absolute atomic E-state index is 0.314. The lowest BCUT2D eigenvalue weighted by molar-refractivity contribution is 0.609. The number of benzene rings is 1. The van der Waals surface area contributed by atoms with E-state index < -0.39 is 0 Å². The summed E-state index contributed by atoms with van der Waals surface area (Å²) < 4.78 is 15.3. The van der Waals surface area contributed by atoms with Gasteiger partial charge in [0, 0.05) is 11.3 Å². The van der Waals surface area contributed by atoms with E-state index in [1.165, 1.54) is 16.8 Å². The topological polar surface area (TPSA) is 43.8 Å². The summed E-state index contributed by atoms with van der Waals surface area (Å²) in [6.07, 6.45) is 4.04. The third kappa shape index (κ3) is 1.77. The molecule has 0 spiro atoms. The zero-order valence-electron chi connectivity index (χ0n) is 9.79. The molecule has 3 nitrogen and oxygen atoms in total. The number of aryl methyl sites for hydroxylation is 1. The highest BCUT2D eigenvalue weighted by molar-refractivity contribution is 6.30. The number of nitrogen functional groups attached to an aromatic ring is 1. The Morgan fingerprint density at radius 1 is 1.28 bits per heavy atom. The standard InChI is InChI=1S/C13H13ClFN3/c14-13-9-3-1-2-4-11(9)17-18(13)12-7-8(16)5-6-10(12)15/h5-7H,1-4,16H2. The van der Waals surface area contributed by atoms with E-state index in [-0.39, 0.29) is 5.82 Å². The zero-order chi connectivity index (χ0) is 12.7. The second kappa shape index (κ2) is 4.28. The van der Waals surface area contributed by atoms with Gasteiger partial charge in [0.25, 0.3) is 0 Å². The van der Waals surface area contributed by atoms with Crippen molar-refractivity contribution in [2.75, 3.05) is 5.73 Å². The Morgan fingerprint density at radius 3 is 2.83 bits per heavy atom. The Balaban J connectivity index is 2.17. The molecule has 5 heteroatoms. The fourth-order valence-electron chi connectivity index (χ4n) is 2.37. The number of anilines is 1. The number of hydrogen-bond donors (Lipinski definition) is 1. The molecule has 0 bridgehead atoms. The zero-order valence-corrected chi connectivity index (χ0v) is 10.5. The highest BCUT2D eigenvalue weighted by Crippen LogP contribution is 2.30. The molecular formula is C13H13ClFN3. The first-order valence-corrected chi connectivity index (χ1v) is 6.36. The molecule has 0 saturated heterocycles. The molecule has 1 aliphatic rings. The molecule has 0 saturated carbocycles. The van der Waals surface area contributed by atoms with Gasteiger partial charge in [0.05, 0.1) is 5.69 Å². The summed E-state index contributed by atoms with van der Waals surface area (Å²) in [6, 6.07) is 4.41. The van der Waals surface area contributed by atoms with Crippen molar-refractivity contribution in [2.45, 2.75) is 25.7 Å². The first-order valence-electron chi connectivity index (χ1n) is 5.98.